The van der Waals surface area contributed by atoms with Crippen molar-refractivity contribution in [3.63, 3.8) is 0 Å². The van der Waals surface area contributed by atoms with E-state index in [0.29, 0.717) is 6.42 Å². The second-order valence-electron chi connectivity index (χ2n) is 7.23. The molecule has 0 radical (unpaired) electrons. The van der Waals surface area contributed by atoms with Crippen LogP contribution in [0.1, 0.15) is 46.5 Å². The van der Waals surface area contributed by atoms with Crippen molar-refractivity contribution in [3.05, 3.63) is 0 Å². The summed E-state index contributed by atoms with van der Waals surface area (Å²) >= 11 is 0. The van der Waals surface area contributed by atoms with Crippen LogP contribution in [0.15, 0.2) is 0 Å². The molecule has 0 bridgehead atoms. The molecule has 2 rings (SSSR count). The summed E-state index contributed by atoms with van der Waals surface area (Å²) in [6, 6.07) is -0.913. The molecule has 0 unspecified atom stereocenters. The second-order valence-corrected chi connectivity index (χ2v) is 7.23. The van der Waals surface area contributed by atoms with Gasteiger partial charge in [0.15, 0.2) is 5.78 Å². The van der Waals surface area contributed by atoms with Gasteiger partial charge in [-0.1, -0.05) is 0 Å². The zero-order valence-electron chi connectivity index (χ0n) is 13.3. The Morgan fingerprint density at radius 2 is 2.09 bits per heavy atom. The molecule has 0 aromatic rings. The lowest BCUT2D eigenvalue weighted by Gasteiger charge is -2.23. The summed E-state index contributed by atoms with van der Waals surface area (Å²) in [6.45, 7) is 4.48. The van der Waals surface area contributed by atoms with Crippen molar-refractivity contribution < 1.29 is 24.2 Å². The molecule has 124 valence electrons. The number of ether oxygens (including phenoxy) is 1. The van der Waals surface area contributed by atoms with E-state index in [0.717, 1.165) is 12.8 Å². The minimum Gasteiger partial charge on any atom is -0.444 e. The number of alkyl carbamates (subject to hydrolysis) is 1. The van der Waals surface area contributed by atoms with Gasteiger partial charge in [-0.2, -0.15) is 0 Å². The summed E-state index contributed by atoms with van der Waals surface area (Å²) < 4.78 is 5.12. The molecule has 7 heteroatoms. The molecule has 1 aliphatic heterocycles. The van der Waals surface area contributed by atoms with Crippen LogP contribution in [0.2, 0.25) is 0 Å². The molecule has 2 atom stereocenters. The van der Waals surface area contributed by atoms with Crippen molar-refractivity contribution in [1.82, 2.24) is 10.6 Å². The summed E-state index contributed by atoms with van der Waals surface area (Å²) in [4.78, 5) is 35.6. The number of nitrogens with one attached hydrogen (secondary N) is 2. The highest BCUT2D eigenvalue weighted by Gasteiger charge is 2.52. The molecule has 0 aromatic heterocycles. The van der Waals surface area contributed by atoms with Gasteiger partial charge in [0.05, 0.1) is 6.04 Å². The quantitative estimate of drug-likeness (QED) is 0.685. The van der Waals surface area contributed by atoms with Crippen LogP contribution in [0.4, 0.5) is 4.79 Å². The third kappa shape index (κ3) is 4.19. The van der Waals surface area contributed by atoms with E-state index in [1.807, 2.05) is 0 Å². The zero-order chi connectivity index (χ0) is 16.5. The summed E-state index contributed by atoms with van der Waals surface area (Å²) in [5.41, 5.74) is -0.764. The molecule has 7 nitrogen and oxygen atoms in total. The fraction of sp³-hybridized carbons (Fsp3) is 0.800. The van der Waals surface area contributed by atoms with E-state index in [1.165, 1.54) is 0 Å². The largest absolute Gasteiger partial charge is 0.444 e. The van der Waals surface area contributed by atoms with Crippen LogP contribution in [0.5, 0.6) is 0 Å². The van der Waals surface area contributed by atoms with Gasteiger partial charge in [-0.25, -0.2) is 4.79 Å². The third-order valence-electron chi connectivity index (χ3n) is 4.01. The normalized spacial score (nSPS) is 23.8. The van der Waals surface area contributed by atoms with E-state index >= 15 is 0 Å². The van der Waals surface area contributed by atoms with E-state index in [-0.39, 0.29) is 23.8 Å². The molecule has 2 aliphatic rings. The van der Waals surface area contributed by atoms with Crippen LogP contribution in [-0.4, -0.2) is 46.7 Å². The Kier molecular flexibility index (Phi) is 4.47. The first-order valence-corrected chi connectivity index (χ1v) is 7.59. The number of hydrogen-bond acceptors (Lipinski definition) is 5. The average molecular weight is 312 g/mol. The van der Waals surface area contributed by atoms with Crippen molar-refractivity contribution in [3.8, 4) is 0 Å². The number of ketones is 1. The minimum atomic E-state index is -0.913. The number of rotatable bonds is 5. The van der Waals surface area contributed by atoms with Gasteiger partial charge in [0.1, 0.15) is 12.2 Å². The monoisotopic (exact) mass is 312 g/mol. The van der Waals surface area contributed by atoms with Gasteiger partial charge in [0.2, 0.25) is 5.91 Å². The van der Waals surface area contributed by atoms with Crippen LogP contribution in [0, 0.1) is 5.92 Å². The Morgan fingerprint density at radius 3 is 2.55 bits per heavy atom. The Hall–Kier alpha value is -1.63. The summed E-state index contributed by atoms with van der Waals surface area (Å²) in [6.07, 6.45) is 2.07. The maximum Gasteiger partial charge on any atom is 0.408 e. The van der Waals surface area contributed by atoms with Crippen molar-refractivity contribution in [2.24, 2.45) is 5.92 Å². The van der Waals surface area contributed by atoms with E-state index < -0.39 is 30.1 Å². The summed E-state index contributed by atoms with van der Waals surface area (Å²) in [5, 5.41) is 14.5. The van der Waals surface area contributed by atoms with Crippen molar-refractivity contribution in [1.29, 1.82) is 0 Å². The van der Waals surface area contributed by atoms with Crippen molar-refractivity contribution in [2.45, 2.75) is 63.6 Å². The molecule has 2 fully saturated rings. The highest BCUT2D eigenvalue weighted by Crippen LogP contribution is 2.46. The number of aliphatic hydroxyl groups excluding tert-OH is 1. The minimum absolute atomic E-state index is 0.0829. The molecule has 1 saturated heterocycles. The topological polar surface area (TPSA) is 105 Å². The molecule has 1 spiro atoms. The Bertz CT molecular complexity index is 479. The molecule has 1 saturated carbocycles. The Morgan fingerprint density at radius 1 is 1.45 bits per heavy atom. The lowest BCUT2D eigenvalue weighted by atomic mass is 9.94. The lowest BCUT2D eigenvalue weighted by molar-refractivity contribution is -0.125. The number of carbonyl (C=O) groups excluding carboxylic acids is 3. The number of amides is 2. The fourth-order valence-electron chi connectivity index (χ4n) is 2.76. The van der Waals surface area contributed by atoms with Crippen molar-refractivity contribution in [2.75, 3.05) is 6.61 Å². The zero-order valence-corrected chi connectivity index (χ0v) is 13.3. The van der Waals surface area contributed by atoms with Gasteiger partial charge in [0.25, 0.3) is 0 Å². The number of hydrogen-bond donors (Lipinski definition) is 3. The Labute approximate surface area is 129 Å². The van der Waals surface area contributed by atoms with Gasteiger partial charge < -0.3 is 20.5 Å². The Balaban J connectivity index is 1.96. The number of Topliss-reactive ketones (excluding diaryl/α,β-unsaturated/α-hetero) is 1. The smallest absolute Gasteiger partial charge is 0.408 e. The summed E-state index contributed by atoms with van der Waals surface area (Å²) in [5.74, 6) is -0.924. The van der Waals surface area contributed by atoms with Crippen LogP contribution < -0.4 is 10.6 Å². The second kappa shape index (κ2) is 5.87. The molecule has 1 heterocycles. The van der Waals surface area contributed by atoms with Gasteiger partial charge in [-0.15, -0.1) is 0 Å². The lowest BCUT2D eigenvalue weighted by Crippen LogP contribution is -2.46. The van der Waals surface area contributed by atoms with Crippen LogP contribution in [0.3, 0.4) is 0 Å². The highest BCUT2D eigenvalue weighted by atomic mass is 16.6. The molecule has 3 N–H and O–H groups in total. The molecule has 2 amide bonds. The first kappa shape index (κ1) is 16.7. The van der Waals surface area contributed by atoms with Crippen LogP contribution >= 0.6 is 0 Å². The van der Waals surface area contributed by atoms with E-state index in [1.54, 1.807) is 20.8 Å². The molecular formula is C15H24N2O5. The summed E-state index contributed by atoms with van der Waals surface area (Å²) in [7, 11) is 0. The van der Waals surface area contributed by atoms with Gasteiger partial charge in [0, 0.05) is 11.5 Å². The maximum atomic E-state index is 12.0. The van der Waals surface area contributed by atoms with Crippen LogP contribution in [-0.2, 0) is 14.3 Å². The standard InChI is InChI=1S/C15H24N2O5/c1-14(2,3)22-13(21)16-10(11(19)8-18)6-9-7-15(4-5-15)17-12(9)20/h9-10,18H,4-8H2,1-3H3,(H,16,21)(H,17,20)/t9-,10+/m1/s1. The first-order valence-electron chi connectivity index (χ1n) is 7.59. The van der Waals surface area contributed by atoms with Crippen LogP contribution in [0.25, 0.3) is 0 Å². The predicted octanol–water partition coefficient (Wildman–Crippen LogP) is 0.500. The first-order chi connectivity index (χ1) is 10.1. The number of carbonyl (C=O) groups is 3. The molecular weight excluding hydrogens is 288 g/mol. The van der Waals surface area contributed by atoms with E-state index in [9.17, 15) is 14.4 Å². The molecule has 0 aromatic carbocycles. The van der Waals surface area contributed by atoms with E-state index in [4.69, 9.17) is 9.84 Å². The van der Waals surface area contributed by atoms with Gasteiger partial charge in [-0.3, -0.25) is 9.59 Å². The fourth-order valence-corrected chi connectivity index (χ4v) is 2.76. The average Bonchev–Trinajstić information content (AvgIpc) is 3.05. The van der Waals surface area contributed by atoms with Crippen molar-refractivity contribution >= 4 is 17.8 Å². The highest BCUT2D eigenvalue weighted by molar-refractivity contribution is 5.90. The van der Waals surface area contributed by atoms with Gasteiger partial charge >= 0.3 is 6.09 Å². The predicted molar refractivity (Wildman–Crippen MR) is 78.1 cm³/mol. The molecule has 1 aliphatic carbocycles. The van der Waals surface area contributed by atoms with E-state index in [2.05, 4.69) is 10.6 Å². The van der Waals surface area contributed by atoms with Gasteiger partial charge in [-0.05, 0) is 46.5 Å². The maximum absolute atomic E-state index is 12.0. The SMILES string of the molecule is CC(C)(C)OC(=O)N[C@@H](C[C@@H]1CC2(CC2)NC1=O)C(=O)CO. The molecule has 22 heavy (non-hydrogen) atoms. The third-order valence-corrected chi connectivity index (χ3v) is 4.01. The number of aliphatic hydroxyl groups is 1.